The van der Waals surface area contributed by atoms with Gasteiger partial charge in [-0.25, -0.2) is 4.99 Å². The van der Waals surface area contributed by atoms with E-state index in [4.69, 9.17) is 33.9 Å². The van der Waals surface area contributed by atoms with E-state index in [0.29, 0.717) is 34.5 Å². The van der Waals surface area contributed by atoms with Crippen LogP contribution in [0.15, 0.2) is 64.1 Å². The number of carbonyl (C=O) groups excluding carboxylic acids is 2. The van der Waals surface area contributed by atoms with E-state index in [9.17, 15) is 9.59 Å². The van der Waals surface area contributed by atoms with E-state index in [0.717, 1.165) is 34.8 Å². The summed E-state index contributed by atoms with van der Waals surface area (Å²) in [5.74, 6) is -0.0339. The molecule has 2 saturated heterocycles. The molecule has 42 heavy (non-hydrogen) atoms. The van der Waals surface area contributed by atoms with Crippen LogP contribution >= 0.6 is 35.0 Å². The topological polar surface area (TPSA) is 82.2 Å². The van der Waals surface area contributed by atoms with Crippen LogP contribution in [0.25, 0.3) is 0 Å². The number of aliphatic imine (C=N–C) groups is 1. The molecule has 222 valence electrons. The molecule has 2 N–H and O–H groups in total. The quantitative estimate of drug-likeness (QED) is 0.429. The van der Waals surface area contributed by atoms with Crippen LogP contribution in [0, 0.1) is 5.92 Å². The van der Waals surface area contributed by atoms with Crippen LogP contribution in [0.5, 0.6) is 0 Å². The molecule has 0 aliphatic carbocycles. The molecule has 2 aromatic carbocycles. The fourth-order valence-electron chi connectivity index (χ4n) is 6.95. The Morgan fingerprint density at radius 3 is 2.26 bits per heavy atom. The molecule has 0 saturated carbocycles. The molecule has 10 heteroatoms. The molecule has 0 unspecified atom stereocenters. The molecule has 2 fully saturated rings. The van der Waals surface area contributed by atoms with Crippen LogP contribution in [0.4, 0.5) is 0 Å². The lowest BCUT2D eigenvalue weighted by Gasteiger charge is -2.37. The Balaban J connectivity index is 1.41. The predicted octanol–water partition coefficient (Wildman–Crippen LogP) is 6.18. The monoisotopic (exact) mass is 625 g/mol. The standard InChI is InChI=1S/C32H37Cl2N5O2S/c1-18(2)26-27(30(41)38-19(3)5-14-25(38)29(40)37-16-15-24(35)17-37)42-31-36-32(4,21-8-12-23(34)13-9-21)28(39(26)31)20-6-10-22(33)11-7-20/h6-13,18-19,24-25,28H,5,14-17,35H2,1-4H3/t19-,24+,25+,28-,32+/m1/s1. The van der Waals surface area contributed by atoms with Crippen molar-refractivity contribution >= 4 is 51.9 Å². The van der Waals surface area contributed by atoms with Gasteiger partial charge in [0.1, 0.15) is 16.5 Å². The lowest BCUT2D eigenvalue weighted by Crippen LogP contribution is -2.50. The molecule has 0 aromatic heterocycles. The minimum absolute atomic E-state index is 0.00232. The van der Waals surface area contributed by atoms with Gasteiger partial charge in [-0.1, -0.05) is 61.3 Å². The molecule has 2 amide bonds. The van der Waals surface area contributed by atoms with Gasteiger partial charge in [0.25, 0.3) is 5.91 Å². The van der Waals surface area contributed by atoms with Crippen molar-refractivity contribution in [3.8, 4) is 0 Å². The summed E-state index contributed by atoms with van der Waals surface area (Å²) in [5.41, 5.74) is 8.50. The molecular weight excluding hydrogens is 589 g/mol. The highest BCUT2D eigenvalue weighted by atomic mass is 35.5. The van der Waals surface area contributed by atoms with Gasteiger partial charge >= 0.3 is 0 Å². The first-order valence-corrected chi connectivity index (χ1v) is 16.3. The maximum Gasteiger partial charge on any atom is 0.263 e. The highest BCUT2D eigenvalue weighted by Crippen LogP contribution is 2.56. The second-order valence-electron chi connectivity index (χ2n) is 12.3. The van der Waals surface area contributed by atoms with Crippen molar-refractivity contribution in [1.82, 2.24) is 14.7 Å². The number of carbonyl (C=O) groups is 2. The predicted molar refractivity (Wildman–Crippen MR) is 170 cm³/mol. The molecule has 2 aromatic rings. The summed E-state index contributed by atoms with van der Waals surface area (Å²) in [6, 6.07) is 15.0. The first kappa shape index (κ1) is 29.5. The van der Waals surface area contributed by atoms with Crippen molar-refractivity contribution in [2.24, 2.45) is 16.6 Å². The van der Waals surface area contributed by atoms with E-state index < -0.39 is 11.6 Å². The SMILES string of the molecule is CC(C)C1=C(C(=O)N2[C@H](C)CC[C@H]2C(=O)N2CC[C@H](N)C2)SC2=N[C@@](C)(c3ccc(Cl)cc3)[C@@H](c3ccc(Cl)cc3)N21. The van der Waals surface area contributed by atoms with Crippen LogP contribution in [0.3, 0.4) is 0 Å². The molecule has 0 radical (unpaired) electrons. The Morgan fingerprint density at radius 1 is 1.02 bits per heavy atom. The Kier molecular flexibility index (Phi) is 7.88. The van der Waals surface area contributed by atoms with Crippen LogP contribution in [-0.2, 0) is 15.1 Å². The van der Waals surface area contributed by atoms with E-state index >= 15 is 0 Å². The van der Waals surface area contributed by atoms with Gasteiger partial charge in [0, 0.05) is 40.9 Å². The number of nitrogens with two attached hydrogens (primary N) is 1. The van der Waals surface area contributed by atoms with E-state index in [1.807, 2.05) is 65.3 Å². The first-order chi connectivity index (χ1) is 20.0. The largest absolute Gasteiger partial charge is 0.339 e. The second-order valence-corrected chi connectivity index (χ2v) is 14.2. The van der Waals surface area contributed by atoms with Gasteiger partial charge in [0.15, 0.2) is 5.17 Å². The molecule has 7 nitrogen and oxygen atoms in total. The number of thioether (sulfide) groups is 1. The summed E-state index contributed by atoms with van der Waals surface area (Å²) < 4.78 is 0. The Morgan fingerprint density at radius 2 is 1.67 bits per heavy atom. The minimum atomic E-state index is -0.635. The molecular formula is C32H37Cl2N5O2S. The zero-order valence-corrected chi connectivity index (χ0v) is 26.7. The van der Waals surface area contributed by atoms with E-state index in [2.05, 4.69) is 25.7 Å². The third-order valence-corrected chi connectivity index (χ3v) is 10.7. The maximum atomic E-state index is 14.5. The minimum Gasteiger partial charge on any atom is -0.339 e. The van der Waals surface area contributed by atoms with Crippen LogP contribution in [-0.4, -0.2) is 62.9 Å². The third kappa shape index (κ3) is 4.94. The third-order valence-electron chi connectivity index (χ3n) is 9.09. The van der Waals surface area contributed by atoms with Gasteiger partial charge in [0.2, 0.25) is 5.91 Å². The normalized spacial score (nSPS) is 29.1. The molecule has 6 rings (SSSR count). The number of nitrogens with zero attached hydrogens (tertiary/aromatic N) is 4. The number of amidine groups is 1. The van der Waals surface area contributed by atoms with Crippen molar-refractivity contribution in [1.29, 1.82) is 0 Å². The summed E-state index contributed by atoms with van der Waals surface area (Å²) >= 11 is 14.0. The number of rotatable bonds is 5. The molecule has 0 spiro atoms. The molecule has 5 atom stereocenters. The van der Waals surface area contributed by atoms with Crippen LogP contribution < -0.4 is 5.73 Å². The average Bonchev–Trinajstić information content (AvgIpc) is 3.71. The number of likely N-dealkylation sites (tertiary alicyclic amines) is 2. The maximum absolute atomic E-state index is 14.5. The number of fused-ring (bicyclic) bond motifs is 1. The van der Waals surface area contributed by atoms with Gasteiger partial charge in [-0.15, -0.1) is 0 Å². The Bertz CT molecular complexity index is 1460. The van der Waals surface area contributed by atoms with E-state index in [1.165, 1.54) is 11.8 Å². The molecule has 4 aliphatic rings. The fourth-order valence-corrected chi connectivity index (χ4v) is 8.55. The highest BCUT2D eigenvalue weighted by molar-refractivity contribution is 8.18. The lowest BCUT2D eigenvalue weighted by atomic mass is 9.81. The van der Waals surface area contributed by atoms with Crippen molar-refractivity contribution < 1.29 is 9.59 Å². The Hall–Kier alpha value is -2.52. The van der Waals surface area contributed by atoms with Gasteiger partial charge in [-0.3, -0.25) is 9.59 Å². The lowest BCUT2D eigenvalue weighted by molar-refractivity contribution is -0.142. The number of benzene rings is 2. The van der Waals surface area contributed by atoms with E-state index in [-0.39, 0.29) is 35.9 Å². The zero-order valence-electron chi connectivity index (χ0n) is 24.4. The smallest absolute Gasteiger partial charge is 0.263 e. The van der Waals surface area contributed by atoms with Crippen LogP contribution in [0.2, 0.25) is 10.0 Å². The molecule has 4 aliphatic heterocycles. The number of amides is 2. The van der Waals surface area contributed by atoms with Gasteiger partial charge < -0.3 is 20.4 Å². The number of hydrogen-bond acceptors (Lipinski definition) is 6. The summed E-state index contributed by atoms with van der Waals surface area (Å²) in [6.45, 7) is 9.62. The van der Waals surface area contributed by atoms with Crippen molar-refractivity contribution in [3.05, 3.63) is 80.3 Å². The van der Waals surface area contributed by atoms with Gasteiger partial charge in [0.05, 0.1) is 6.04 Å². The van der Waals surface area contributed by atoms with Gasteiger partial charge in [-0.2, -0.15) is 0 Å². The summed E-state index contributed by atoms with van der Waals surface area (Å²) in [5, 5.41) is 2.12. The van der Waals surface area contributed by atoms with E-state index in [1.54, 1.807) is 0 Å². The number of hydrogen-bond donors (Lipinski definition) is 1. The summed E-state index contributed by atoms with van der Waals surface area (Å²) in [7, 11) is 0. The zero-order chi connectivity index (χ0) is 29.9. The highest BCUT2D eigenvalue weighted by Gasteiger charge is 2.54. The van der Waals surface area contributed by atoms with Gasteiger partial charge in [-0.05, 0) is 86.2 Å². The van der Waals surface area contributed by atoms with Crippen molar-refractivity contribution in [2.75, 3.05) is 13.1 Å². The average molecular weight is 627 g/mol. The molecule has 4 heterocycles. The molecule has 0 bridgehead atoms. The van der Waals surface area contributed by atoms with Crippen molar-refractivity contribution in [2.45, 2.75) is 76.7 Å². The number of halogens is 2. The second kappa shape index (κ2) is 11.2. The number of allylic oxidation sites excluding steroid dienone is 1. The summed E-state index contributed by atoms with van der Waals surface area (Å²) in [4.78, 5) is 40.0. The fraction of sp³-hybridized carbons (Fsp3) is 0.469. The van der Waals surface area contributed by atoms with Crippen molar-refractivity contribution in [3.63, 3.8) is 0 Å². The first-order valence-electron chi connectivity index (χ1n) is 14.7. The van der Waals surface area contributed by atoms with Crippen LogP contribution in [0.1, 0.15) is 64.1 Å². The Labute approximate surface area is 262 Å². The summed E-state index contributed by atoms with van der Waals surface area (Å²) in [6.07, 6.45) is 2.26.